The van der Waals surface area contributed by atoms with Crippen molar-refractivity contribution >= 4 is 5.78 Å². The van der Waals surface area contributed by atoms with Gasteiger partial charge >= 0.3 is 0 Å². The Hall–Kier alpha value is -1.94. The van der Waals surface area contributed by atoms with Crippen molar-refractivity contribution in [3.05, 3.63) is 40.6 Å². The molecule has 4 heteroatoms. The summed E-state index contributed by atoms with van der Waals surface area (Å²) in [5, 5.41) is 4.44. The molecule has 1 aromatic carbocycles. The van der Waals surface area contributed by atoms with Gasteiger partial charge in [-0.3, -0.25) is 4.79 Å². The average molecular weight is 339 g/mol. The van der Waals surface area contributed by atoms with E-state index >= 15 is 0 Å². The van der Waals surface area contributed by atoms with E-state index in [0.29, 0.717) is 31.1 Å². The molecular weight excluding hydrogens is 314 g/mol. The van der Waals surface area contributed by atoms with Crippen LogP contribution in [-0.2, 0) is 16.1 Å². The SMILES string of the molecule is Cc1cccc(C)c1-c1noc(C2CC2)c1COC1CCC(=O)CC1. The molecule has 2 aliphatic carbocycles. The lowest BCUT2D eigenvalue weighted by Crippen LogP contribution is -2.21. The summed E-state index contributed by atoms with van der Waals surface area (Å²) in [6, 6.07) is 6.31. The van der Waals surface area contributed by atoms with Gasteiger partial charge in [-0.15, -0.1) is 0 Å². The zero-order valence-electron chi connectivity index (χ0n) is 15.0. The van der Waals surface area contributed by atoms with Crippen LogP contribution in [0.3, 0.4) is 0 Å². The maximum absolute atomic E-state index is 11.4. The lowest BCUT2D eigenvalue weighted by molar-refractivity contribution is -0.123. The minimum atomic E-state index is 0.172. The number of carbonyl (C=O) groups is 1. The van der Waals surface area contributed by atoms with Crippen LogP contribution in [0.2, 0.25) is 0 Å². The number of ketones is 1. The third-order valence-electron chi connectivity index (χ3n) is 5.44. The van der Waals surface area contributed by atoms with Crippen LogP contribution in [0.5, 0.6) is 0 Å². The van der Waals surface area contributed by atoms with Crippen LogP contribution in [0.1, 0.15) is 66.9 Å². The predicted octanol–water partition coefficient (Wildman–Crippen LogP) is 4.86. The number of nitrogens with zero attached hydrogens (tertiary/aromatic N) is 1. The predicted molar refractivity (Wildman–Crippen MR) is 95.4 cm³/mol. The summed E-state index contributed by atoms with van der Waals surface area (Å²) in [7, 11) is 0. The fourth-order valence-corrected chi connectivity index (χ4v) is 3.79. The monoisotopic (exact) mass is 339 g/mol. The lowest BCUT2D eigenvalue weighted by Gasteiger charge is -2.21. The van der Waals surface area contributed by atoms with E-state index in [1.54, 1.807) is 0 Å². The fourth-order valence-electron chi connectivity index (χ4n) is 3.79. The van der Waals surface area contributed by atoms with Crippen molar-refractivity contribution in [3.63, 3.8) is 0 Å². The van der Waals surface area contributed by atoms with E-state index in [1.807, 2.05) is 0 Å². The summed E-state index contributed by atoms with van der Waals surface area (Å²) >= 11 is 0. The molecule has 0 aliphatic heterocycles. The van der Waals surface area contributed by atoms with Crippen LogP contribution in [0.4, 0.5) is 0 Å². The lowest BCUT2D eigenvalue weighted by atomic mass is 9.95. The molecule has 2 aromatic rings. The molecule has 25 heavy (non-hydrogen) atoms. The normalized spacial score (nSPS) is 18.7. The van der Waals surface area contributed by atoms with Crippen LogP contribution in [0, 0.1) is 13.8 Å². The molecule has 132 valence electrons. The third-order valence-corrected chi connectivity index (χ3v) is 5.44. The van der Waals surface area contributed by atoms with E-state index in [4.69, 9.17) is 9.26 Å². The largest absolute Gasteiger partial charge is 0.373 e. The minimum absolute atomic E-state index is 0.172. The Morgan fingerprint density at radius 2 is 1.80 bits per heavy atom. The Kier molecular flexibility index (Phi) is 4.46. The summed E-state index contributed by atoms with van der Waals surface area (Å²) < 4.78 is 11.9. The Labute approximate surface area is 148 Å². The van der Waals surface area contributed by atoms with Crippen LogP contribution < -0.4 is 0 Å². The first kappa shape index (κ1) is 16.5. The molecule has 0 spiro atoms. The van der Waals surface area contributed by atoms with Gasteiger partial charge in [-0.2, -0.15) is 0 Å². The Morgan fingerprint density at radius 1 is 1.12 bits per heavy atom. The first-order valence-electron chi connectivity index (χ1n) is 9.32. The number of benzene rings is 1. The van der Waals surface area contributed by atoms with E-state index in [1.165, 1.54) is 24.0 Å². The van der Waals surface area contributed by atoms with Gasteiger partial charge in [-0.25, -0.2) is 0 Å². The number of aromatic nitrogens is 1. The van der Waals surface area contributed by atoms with Crippen molar-refractivity contribution in [1.29, 1.82) is 0 Å². The highest BCUT2D eigenvalue weighted by molar-refractivity contribution is 5.79. The second kappa shape index (κ2) is 6.75. The fraction of sp³-hybridized carbons (Fsp3) is 0.524. The number of hydrogen-bond donors (Lipinski definition) is 0. The molecule has 4 nitrogen and oxygen atoms in total. The van der Waals surface area contributed by atoms with Gasteiger partial charge in [0.15, 0.2) is 0 Å². The van der Waals surface area contributed by atoms with Gasteiger partial charge in [0.1, 0.15) is 17.2 Å². The zero-order valence-corrected chi connectivity index (χ0v) is 15.0. The minimum Gasteiger partial charge on any atom is -0.373 e. The van der Waals surface area contributed by atoms with E-state index in [9.17, 15) is 4.79 Å². The number of hydrogen-bond acceptors (Lipinski definition) is 4. The van der Waals surface area contributed by atoms with Crippen LogP contribution in [0.15, 0.2) is 22.7 Å². The second-order valence-electron chi connectivity index (χ2n) is 7.46. The number of Topliss-reactive ketones (excluding diaryl/α,β-unsaturated/α-hetero) is 1. The highest BCUT2D eigenvalue weighted by atomic mass is 16.5. The molecule has 1 heterocycles. The van der Waals surface area contributed by atoms with Crippen LogP contribution in [0.25, 0.3) is 11.3 Å². The van der Waals surface area contributed by atoms with Crippen LogP contribution >= 0.6 is 0 Å². The van der Waals surface area contributed by atoms with Crippen LogP contribution in [-0.4, -0.2) is 17.0 Å². The van der Waals surface area contributed by atoms with E-state index in [0.717, 1.165) is 35.4 Å². The molecule has 0 bridgehead atoms. The first-order valence-corrected chi connectivity index (χ1v) is 9.32. The summed E-state index contributed by atoms with van der Waals surface area (Å²) in [5.41, 5.74) is 5.62. The van der Waals surface area contributed by atoms with E-state index in [-0.39, 0.29) is 6.10 Å². The standard InChI is InChI=1S/C21H25NO3/c1-13-4-3-5-14(2)19(13)20-18(21(25-22-20)15-6-7-15)12-24-17-10-8-16(23)9-11-17/h3-5,15,17H,6-12H2,1-2H3. The molecule has 0 atom stereocenters. The quantitative estimate of drug-likeness (QED) is 0.780. The molecule has 0 amide bonds. The second-order valence-corrected chi connectivity index (χ2v) is 7.46. The van der Waals surface area contributed by atoms with Gasteiger partial charge in [0, 0.05) is 29.9 Å². The highest BCUT2D eigenvalue weighted by Crippen LogP contribution is 2.45. The van der Waals surface area contributed by atoms with Gasteiger partial charge in [0.2, 0.25) is 0 Å². The summed E-state index contributed by atoms with van der Waals surface area (Å²) in [4.78, 5) is 11.4. The van der Waals surface area contributed by atoms with E-state index < -0.39 is 0 Å². The van der Waals surface area contributed by atoms with Gasteiger partial charge in [0.05, 0.1) is 12.7 Å². The molecule has 2 saturated carbocycles. The number of aryl methyl sites for hydroxylation is 2. The summed E-state index contributed by atoms with van der Waals surface area (Å²) in [6.07, 6.45) is 5.48. The van der Waals surface area contributed by atoms with E-state index in [2.05, 4.69) is 37.2 Å². The Balaban J connectivity index is 1.61. The molecule has 4 rings (SSSR count). The highest BCUT2D eigenvalue weighted by Gasteiger charge is 2.33. The average Bonchev–Trinajstić information content (AvgIpc) is 3.36. The molecule has 0 unspecified atom stereocenters. The van der Waals surface area contributed by atoms with Gasteiger partial charge in [0.25, 0.3) is 0 Å². The Morgan fingerprint density at radius 3 is 2.44 bits per heavy atom. The van der Waals surface area contributed by atoms with Crippen molar-refractivity contribution in [3.8, 4) is 11.3 Å². The topological polar surface area (TPSA) is 52.3 Å². The molecular formula is C21H25NO3. The molecule has 1 aromatic heterocycles. The van der Waals surface area contributed by atoms with Gasteiger partial charge in [-0.05, 0) is 50.7 Å². The zero-order chi connectivity index (χ0) is 17.4. The van der Waals surface area contributed by atoms with Crippen molar-refractivity contribution in [2.75, 3.05) is 0 Å². The van der Waals surface area contributed by atoms with Gasteiger partial charge < -0.3 is 9.26 Å². The smallest absolute Gasteiger partial charge is 0.145 e. The third kappa shape index (κ3) is 3.40. The van der Waals surface area contributed by atoms with Crippen molar-refractivity contribution in [1.82, 2.24) is 5.16 Å². The molecule has 0 N–H and O–H groups in total. The Bertz CT molecular complexity index is 758. The molecule has 0 saturated heterocycles. The molecule has 0 radical (unpaired) electrons. The van der Waals surface area contributed by atoms with Gasteiger partial charge in [-0.1, -0.05) is 23.4 Å². The maximum Gasteiger partial charge on any atom is 0.145 e. The van der Waals surface area contributed by atoms with Crippen molar-refractivity contribution < 1.29 is 14.1 Å². The molecule has 2 fully saturated rings. The van der Waals surface area contributed by atoms with Crippen molar-refractivity contribution in [2.45, 2.75) is 71.0 Å². The number of ether oxygens (including phenoxy) is 1. The van der Waals surface area contributed by atoms with Crippen molar-refractivity contribution in [2.24, 2.45) is 0 Å². The number of rotatable bonds is 5. The summed E-state index contributed by atoms with van der Waals surface area (Å²) in [6.45, 7) is 4.76. The number of carbonyl (C=O) groups excluding carboxylic acids is 1. The molecule has 2 aliphatic rings. The maximum atomic E-state index is 11.4. The summed E-state index contributed by atoms with van der Waals surface area (Å²) in [5.74, 6) is 1.86. The first-order chi connectivity index (χ1) is 12.1.